The van der Waals surface area contributed by atoms with Crippen LogP contribution in [0.3, 0.4) is 0 Å². The van der Waals surface area contributed by atoms with Crippen LogP contribution < -0.4 is 4.90 Å². The van der Waals surface area contributed by atoms with Gasteiger partial charge in [-0.25, -0.2) is 9.69 Å². The zero-order valence-corrected chi connectivity index (χ0v) is 15.1. The summed E-state index contributed by atoms with van der Waals surface area (Å²) in [5.74, 6) is -0.365. The van der Waals surface area contributed by atoms with Crippen molar-refractivity contribution in [2.24, 2.45) is 0 Å². The molecular weight excluding hydrogens is 330 g/mol. The van der Waals surface area contributed by atoms with Crippen LogP contribution >= 0.6 is 11.6 Å². The lowest BCUT2D eigenvalue weighted by atomic mass is 10.1. The summed E-state index contributed by atoms with van der Waals surface area (Å²) in [4.78, 5) is 27.7. The SMILES string of the molecule is Cc1c(N2C(=O)[C@H](COC(C)(C)C)N(C)C2=O)ccc(C#N)c1Cl. The molecule has 1 aliphatic heterocycles. The Kier molecular flexibility index (Phi) is 4.88. The van der Waals surface area contributed by atoms with Crippen LogP contribution in [-0.4, -0.2) is 42.1 Å². The maximum Gasteiger partial charge on any atom is 0.331 e. The molecule has 0 unspecified atom stereocenters. The van der Waals surface area contributed by atoms with E-state index in [0.29, 0.717) is 16.8 Å². The molecule has 1 atom stereocenters. The molecule has 1 aliphatic rings. The van der Waals surface area contributed by atoms with E-state index in [0.717, 1.165) is 4.90 Å². The zero-order chi connectivity index (χ0) is 18.2. The summed E-state index contributed by atoms with van der Waals surface area (Å²) in [7, 11) is 1.57. The highest BCUT2D eigenvalue weighted by Crippen LogP contribution is 2.33. The summed E-state index contributed by atoms with van der Waals surface area (Å²) in [6.45, 7) is 7.45. The third-order valence-electron chi connectivity index (χ3n) is 3.86. The minimum absolute atomic E-state index is 0.115. The van der Waals surface area contributed by atoms with Crippen LogP contribution in [0.15, 0.2) is 12.1 Å². The van der Waals surface area contributed by atoms with Crippen LogP contribution in [0.5, 0.6) is 0 Å². The summed E-state index contributed by atoms with van der Waals surface area (Å²) in [6, 6.07) is 3.92. The number of benzene rings is 1. The van der Waals surface area contributed by atoms with Gasteiger partial charge in [-0.2, -0.15) is 5.26 Å². The molecule has 1 aromatic rings. The Labute approximate surface area is 146 Å². The van der Waals surface area contributed by atoms with Crippen molar-refractivity contribution in [1.29, 1.82) is 5.26 Å². The van der Waals surface area contributed by atoms with Gasteiger partial charge in [0.25, 0.3) is 5.91 Å². The van der Waals surface area contributed by atoms with Crippen LogP contribution in [0.2, 0.25) is 5.02 Å². The molecule has 1 heterocycles. The van der Waals surface area contributed by atoms with Crippen LogP contribution in [-0.2, 0) is 9.53 Å². The van der Waals surface area contributed by atoms with Gasteiger partial charge in [-0.15, -0.1) is 0 Å². The van der Waals surface area contributed by atoms with Crippen molar-refractivity contribution in [3.8, 4) is 6.07 Å². The molecule has 0 N–H and O–H groups in total. The van der Waals surface area contributed by atoms with E-state index >= 15 is 0 Å². The van der Waals surface area contributed by atoms with Crippen LogP contribution in [0.4, 0.5) is 10.5 Å². The number of urea groups is 1. The summed E-state index contributed by atoms with van der Waals surface area (Å²) in [6.07, 6.45) is 0. The summed E-state index contributed by atoms with van der Waals surface area (Å²) >= 11 is 6.16. The monoisotopic (exact) mass is 349 g/mol. The lowest BCUT2D eigenvalue weighted by Gasteiger charge is -2.23. The number of ether oxygens (including phenoxy) is 1. The number of likely N-dealkylation sites (N-methyl/N-ethyl adjacent to an activating group) is 1. The average Bonchev–Trinajstić information content (AvgIpc) is 2.70. The van der Waals surface area contributed by atoms with Gasteiger partial charge in [-0.05, 0) is 45.4 Å². The standard InChI is InChI=1S/C17H20ClN3O3/c1-10-12(7-6-11(8-19)14(10)18)21-15(22)13(20(5)16(21)23)9-24-17(2,3)4/h6-7,13H,9H2,1-5H3/t13-/m0/s1. The second-order valence-electron chi connectivity index (χ2n) is 6.69. The minimum Gasteiger partial charge on any atom is -0.373 e. The molecule has 0 radical (unpaired) electrons. The number of nitrogens with zero attached hydrogens (tertiary/aromatic N) is 3. The largest absolute Gasteiger partial charge is 0.373 e. The van der Waals surface area contributed by atoms with E-state index in [4.69, 9.17) is 21.6 Å². The molecule has 1 aromatic carbocycles. The molecule has 0 aliphatic carbocycles. The van der Waals surface area contributed by atoms with Crippen molar-refractivity contribution < 1.29 is 14.3 Å². The second-order valence-corrected chi connectivity index (χ2v) is 7.07. The van der Waals surface area contributed by atoms with Gasteiger partial charge in [0.2, 0.25) is 0 Å². The molecular formula is C17H20ClN3O3. The third-order valence-corrected chi connectivity index (χ3v) is 4.35. The van der Waals surface area contributed by atoms with Gasteiger partial charge in [-0.3, -0.25) is 4.79 Å². The molecule has 0 bridgehead atoms. The number of halogens is 1. The van der Waals surface area contributed by atoms with Gasteiger partial charge in [0.05, 0.1) is 28.5 Å². The predicted octanol–water partition coefficient (Wildman–Crippen LogP) is 3.10. The number of anilines is 1. The summed E-state index contributed by atoms with van der Waals surface area (Å²) < 4.78 is 5.67. The Morgan fingerprint density at radius 2 is 1.96 bits per heavy atom. The maximum atomic E-state index is 12.7. The van der Waals surface area contributed by atoms with Crippen molar-refractivity contribution in [1.82, 2.24) is 4.90 Å². The number of nitriles is 1. The van der Waals surface area contributed by atoms with E-state index in [2.05, 4.69) is 0 Å². The molecule has 2 rings (SSSR count). The van der Waals surface area contributed by atoms with Gasteiger partial charge >= 0.3 is 6.03 Å². The minimum atomic E-state index is -0.689. The van der Waals surface area contributed by atoms with Gasteiger partial charge in [-0.1, -0.05) is 11.6 Å². The lowest BCUT2D eigenvalue weighted by Crippen LogP contribution is -2.38. The van der Waals surface area contributed by atoms with E-state index in [-0.39, 0.29) is 17.5 Å². The van der Waals surface area contributed by atoms with Crippen molar-refractivity contribution in [2.45, 2.75) is 39.3 Å². The first-order valence-corrected chi connectivity index (χ1v) is 7.90. The molecule has 0 aromatic heterocycles. The normalized spacial score (nSPS) is 18.3. The number of hydrogen-bond donors (Lipinski definition) is 0. The van der Waals surface area contributed by atoms with Gasteiger partial charge in [0.1, 0.15) is 12.1 Å². The number of imide groups is 1. The number of rotatable bonds is 3. The predicted molar refractivity (Wildman–Crippen MR) is 91.0 cm³/mol. The summed E-state index contributed by atoms with van der Waals surface area (Å²) in [5.41, 5.74) is 0.797. The molecule has 0 saturated carbocycles. The fourth-order valence-corrected chi connectivity index (χ4v) is 2.64. The van der Waals surface area contributed by atoms with E-state index in [1.54, 1.807) is 20.0 Å². The quantitative estimate of drug-likeness (QED) is 0.786. The fourth-order valence-electron chi connectivity index (χ4n) is 2.44. The molecule has 1 saturated heterocycles. The highest BCUT2D eigenvalue weighted by molar-refractivity contribution is 6.33. The summed E-state index contributed by atoms with van der Waals surface area (Å²) in [5, 5.41) is 9.27. The zero-order valence-electron chi connectivity index (χ0n) is 14.4. The van der Waals surface area contributed by atoms with Crippen molar-refractivity contribution in [3.05, 3.63) is 28.3 Å². The van der Waals surface area contributed by atoms with E-state index in [1.165, 1.54) is 11.0 Å². The smallest absolute Gasteiger partial charge is 0.331 e. The van der Waals surface area contributed by atoms with Crippen LogP contribution in [0.1, 0.15) is 31.9 Å². The number of amides is 3. The van der Waals surface area contributed by atoms with Crippen LogP contribution in [0.25, 0.3) is 0 Å². The van der Waals surface area contributed by atoms with Crippen LogP contribution in [0, 0.1) is 18.3 Å². The topological polar surface area (TPSA) is 73.6 Å². The van der Waals surface area contributed by atoms with Crippen molar-refractivity contribution in [3.63, 3.8) is 0 Å². The molecule has 24 heavy (non-hydrogen) atoms. The number of carbonyl (C=O) groups excluding carboxylic acids is 2. The van der Waals surface area contributed by atoms with Gasteiger partial charge < -0.3 is 9.64 Å². The Balaban J connectivity index is 2.36. The highest BCUT2D eigenvalue weighted by atomic mass is 35.5. The molecule has 1 fully saturated rings. The Hall–Kier alpha value is -2.10. The number of hydrogen-bond acceptors (Lipinski definition) is 4. The molecule has 0 spiro atoms. The first-order chi connectivity index (χ1) is 11.1. The second kappa shape index (κ2) is 6.42. The van der Waals surface area contributed by atoms with Gasteiger partial charge in [0.15, 0.2) is 0 Å². The molecule has 128 valence electrons. The number of carbonyl (C=O) groups is 2. The Bertz CT molecular complexity index is 734. The van der Waals surface area contributed by atoms with E-state index < -0.39 is 17.7 Å². The maximum absolute atomic E-state index is 12.7. The average molecular weight is 350 g/mol. The van der Waals surface area contributed by atoms with Crippen molar-refractivity contribution >= 4 is 29.2 Å². The van der Waals surface area contributed by atoms with E-state index in [9.17, 15) is 9.59 Å². The fraction of sp³-hybridized carbons (Fsp3) is 0.471. The Morgan fingerprint density at radius 1 is 1.33 bits per heavy atom. The van der Waals surface area contributed by atoms with E-state index in [1.807, 2.05) is 26.8 Å². The van der Waals surface area contributed by atoms with Crippen molar-refractivity contribution in [2.75, 3.05) is 18.6 Å². The first-order valence-electron chi connectivity index (χ1n) is 7.52. The van der Waals surface area contributed by atoms with Gasteiger partial charge in [0, 0.05) is 7.05 Å². The molecule has 7 heteroatoms. The molecule has 3 amide bonds. The third kappa shape index (κ3) is 3.23. The molecule has 6 nitrogen and oxygen atoms in total. The lowest BCUT2D eigenvalue weighted by molar-refractivity contribution is -0.123. The highest BCUT2D eigenvalue weighted by Gasteiger charge is 2.45. The Morgan fingerprint density at radius 3 is 2.50 bits per heavy atom. The first kappa shape index (κ1) is 18.2.